The molecule has 0 saturated carbocycles. The topological polar surface area (TPSA) is 101 Å². The van der Waals surface area contributed by atoms with Crippen LogP contribution in [0.3, 0.4) is 0 Å². The maximum Gasteiger partial charge on any atom is 0.293 e. The largest absolute Gasteiger partial charge is 0.373 e. The average molecular weight is 449 g/mol. The van der Waals surface area contributed by atoms with Crippen molar-refractivity contribution in [3.05, 3.63) is 72.7 Å². The third-order valence-electron chi connectivity index (χ3n) is 5.19. The van der Waals surface area contributed by atoms with E-state index in [0.717, 1.165) is 18.4 Å². The number of ether oxygens (including phenoxy) is 1. The van der Waals surface area contributed by atoms with Gasteiger partial charge in [0.25, 0.3) is 11.2 Å². The molecule has 1 saturated heterocycles. The third-order valence-corrected chi connectivity index (χ3v) is 5.92. The minimum Gasteiger partial charge on any atom is -0.373 e. The Balaban J connectivity index is 1.46. The van der Waals surface area contributed by atoms with Crippen LogP contribution in [0.2, 0.25) is 10.0 Å². The van der Waals surface area contributed by atoms with Crippen molar-refractivity contribution < 1.29 is 9.66 Å². The molecular weight excluding hydrogens is 431 g/mol. The van der Waals surface area contributed by atoms with Gasteiger partial charge in [0.2, 0.25) is 0 Å². The van der Waals surface area contributed by atoms with Crippen LogP contribution >= 0.6 is 23.2 Å². The van der Waals surface area contributed by atoms with E-state index in [9.17, 15) is 14.9 Å². The van der Waals surface area contributed by atoms with Gasteiger partial charge in [-0.05, 0) is 36.6 Å². The van der Waals surface area contributed by atoms with E-state index in [0.29, 0.717) is 40.9 Å². The molecule has 0 unspecified atom stereocenters. The number of piperidine rings is 1. The molecule has 156 valence electrons. The summed E-state index contributed by atoms with van der Waals surface area (Å²) in [7, 11) is 0. The number of hydrogen-bond donors (Lipinski definition) is 1. The molecule has 8 nitrogen and oxygen atoms in total. The van der Waals surface area contributed by atoms with E-state index in [1.54, 1.807) is 18.2 Å². The first-order valence-corrected chi connectivity index (χ1v) is 10.1. The predicted octanol–water partition coefficient (Wildman–Crippen LogP) is 4.32. The van der Waals surface area contributed by atoms with Crippen LogP contribution in [0.5, 0.6) is 0 Å². The van der Waals surface area contributed by atoms with E-state index in [1.165, 1.54) is 12.4 Å². The molecule has 1 aliphatic heterocycles. The maximum atomic E-state index is 11.9. The number of anilines is 1. The van der Waals surface area contributed by atoms with Crippen LogP contribution in [0.1, 0.15) is 18.4 Å². The van der Waals surface area contributed by atoms with Crippen LogP contribution in [0, 0.1) is 10.1 Å². The molecule has 1 aromatic heterocycles. The van der Waals surface area contributed by atoms with Gasteiger partial charge in [-0.25, -0.2) is 4.98 Å². The highest BCUT2D eigenvalue weighted by Crippen LogP contribution is 2.33. The number of rotatable bonds is 5. The van der Waals surface area contributed by atoms with Gasteiger partial charge >= 0.3 is 0 Å². The monoisotopic (exact) mass is 448 g/mol. The third kappa shape index (κ3) is 4.26. The first kappa shape index (κ1) is 20.6. The standard InChI is InChI=1S/C20H18Cl2N4O4/c21-15-2-1-12(7-16(15)22)10-30-13-3-5-25(6-4-13)18-9-17-14(8-19(18)26(28)29)20(27)24-11-23-17/h1-2,7-9,11,13H,3-6,10H2,(H,23,24,27). The molecule has 0 atom stereocenters. The van der Waals surface area contributed by atoms with Crippen LogP contribution < -0.4 is 10.5 Å². The molecule has 1 aliphatic rings. The smallest absolute Gasteiger partial charge is 0.293 e. The fraction of sp³-hybridized carbons (Fsp3) is 0.300. The molecule has 10 heteroatoms. The Morgan fingerprint density at radius 1 is 1.20 bits per heavy atom. The van der Waals surface area contributed by atoms with Gasteiger partial charge < -0.3 is 14.6 Å². The van der Waals surface area contributed by atoms with Gasteiger partial charge in [-0.15, -0.1) is 0 Å². The molecule has 0 aliphatic carbocycles. The quantitative estimate of drug-likeness (QED) is 0.460. The number of nitrogens with zero attached hydrogens (tertiary/aromatic N) is 3. The summed E-state index contributed by atoms with van der Waals surface area (Å²) in [4.78, 5) is 31.6. The van der Waals surface area contributed by atoms with Crippen LogP contribution in [0.15, 0.2) is 41.5 Å². The number of halogens is 2. The van der Waals surface area contributed by atoms with Crippen LogP contribution in [0.25, 0.3) is 10.9 Å². The second-order valence-corrected chi connectivity index (χ2v) is 7.91. The second kappa shape index (κ2) is 8.59. The molecule has 2 heterocycles. The van der Waals surface area contributed by atoms with E-state index >= 15 is 0 Å². The number of nitrogens with one attached hydrogen (secondary N) is 1. The first-order chi connectivity index (χ1) is 14.4. The zero-order valence-corrected chi connectivity index (χ0v) is 17.3. The van der Waals surface area contributed by atoms with Crippen LogP contribution in [-0.4, -0.2) is 34.1 Å². The molecule has 30 heavy (non-hydrogen) atoms. The molecule has 1 fully saturated rings. The lowest BCUT2D eigenvalue weighted by Gasteiger charge is -2.33. The van der Waals surface area contributed by atoms with Crippen LogP contribution in [-0.2, 0) is 11.3 Å². The Kier molecular flexibility index (Phi) is 5.90. The molecule has 0 bridgehead atoms. The van der Waals surface area contributed by atoms with Gasteiger partial charge in [-0.1, -0.05) is 29.3 Å². The number of benzene rings is 2. The van der Waals surface area contributed by atoms with Gasteiger partial charge in [0.05, 0.1) is 44.9 Å². The number of nitro benzene ring substituents is 1. The highest BCUT2D eigenvalue weighted by Gasteiger charge is 2.26. The molecule has 2 aromatic carbocycles. The normalized spacial score (nSPS) is 14.9. The zero-order chi connectivity index (χ0) is 21.3. The van der Waals surface area contributed by atoms with Crippen molar-refractivity contribution in [2.45, 2.75) is 25.6 Å². The Morgan fingerprint density at radius 2 is 1.97 bits per heavy atom. The number of nitro groups is 1. The Bertz CT molecular complexity index is 1160. The first-order valence-electron chi connectivity index (χ1n) is 9.38. The Labute approximate surface area is 181 Å². The minimum absolute atomic E-state index is 0.0381. The fourth-order valence-electron chi connectivity index (χ4n) is 3.60. The fourth-order valence-corrected chi connectivity index (χ4v) is 3.92. The van der Waals surface area contributed by atoms with Gasteiger partial charge in [0.1, 0.15) is 5.69 Å². The summed E-state index contributed by atoms with van der Waals surface area (Å²) in [6.45, 7) is 1.62. The molecular formula is C20H18Cl2N4O4. The molecule has 3 aromatic rings. The van der Waals surface area contributed by atoms with Gasteiger partial charge in [0, 0.05) is 19.2 Å². The van der Waals surface area contributed by atoms with Crippen LogP contribution in [0.4, 0.5) is 11.4 Å². The van der Waals surface area contributed by atoms with E-state index in [-0.39, 0.29) is 17.2 Å². The number of H-pyrrole nitrogens is 1. The molecule has 0 spiro atoms. The summed E-state index contributed by atoms with van der Waals surface area (Å²) in [6, 6.07) is 8.30. The number of aromatic nitrogens is 2. The van der Waals surface area contributed by atoms with Crippen molar-refractivity contribution >= 4 is 45.5 Å². The van der Waals surface area contributed by atoms with Crippen molar-refractivity contribution in [2.75, 3.05) is 18.0 Å². The van der Waals surface area contributed by atoms with E-state index < -0.39 is 10.5 Å². The Hall–Kier alpha value is -2.68. The second-order valence-electron chi connectivity index (χ2n) is 7.09. The Morgan fingerprint density at radius 3 is 2.67 bits per heavy atom. The van der Waals surface area contributed by atoms with Crippen molar-refractivity contribution in [3.8, 4) is 0 Å². The maximum absolute atomic E-state index is 11.9. The summed E-state index contributed by atoms with van der Waals surface area (Å²) in [5.74, 6) is 0. The van der Waals surface area contributed by atoms with E-state index in [1.807, 2.05) is 11.0 Å². The highest BCUT2D eigenvalue weighted by atomic mass is 35.5. The van der Waals surface area contributed by atoms with Gasteiger partial charge in [0.15, 0.2) is 0 Å². The summed E-state index contributed by atoms with van der Waals surface area (Å²) >= 11 is 12.0. The highest BCUT2D eigenvalue weighted by molar-refractivity contribution is 6.42. The molecule has 1 N–H and O–H groups in total. The molecule has 0 radical (unpaired) electrons. The average Bonchev–Trinajstić information content (AvgIpc) is 2.74. The molecule has 0 amide bonds. The summed E-state index contributed by atoms with van der Waals surface area (Å²) < 4.78 is 5.99. The van der Waals surface area contributed by atoms with Crippen molar-refractivity contribution in [1.82, 2.24) is 9.97 Å². The predicted molar refractivity (Wildman–Crippen MR) is 116 cm³/mol. The van der Waals surface area contributed by atoms with Crippen molar-refractivity contribution in [3.63, 3.8) is 0 Å². The summed E-state index contributed by atoms with van der Waals surface area (Å²) in [5.41, 5.74) is 1.33. The molecule has 4 rings (SSSR count). The lowest BCUT2D eigenvalue weighted by Crippen LogP contribution is -2.37. The number of hydrogen-bond acceptors (Lipinski definition) is 6. The van der Waals surface area contributed by atoms with Crippen molar-refractivity contribution in [2.24, 2.45) is 0 Å². The van der Waals surface area contributed by atoms with Crippen molar-refractivity contribution in [1.29, 1.82) is 0 Å². The SMILES string of the molecule is O=c1[nH]cnc2cc(N3CCC(OCc4ccc(Cl)c(Cl)c4)CC3)c([N+](=O)[O-])cc12. The van der Waals surface area contributed by atoms with Gasteiger partial charge in [-0.3, -0.25) is 14.9 Å². The number of fused-ring (bicyclic) bond motifs is 1. The zero-order valence-electron chi connectivity index (χ0n) is 15.8. The van der Waals surface area contributed by atoms with E-state index in [2.05, 4.69) is 9.97 Å². The van der Waals surface area contributed by atoms with Gasteiger partial charge in [-0.2, -0.15) is 0 Å². The summed E-state index contributed by atoms with van der Waals surface area (Å²) in [6.07, 6.45) is 2.78. The lowest BCUT2D eigenvalue weighted by atomic mass is 10.1. The summed E-state index contributed by atoms with van der Waals surface area (Å²) in [5, 5.41) is 12.8. The number of aromatic amines is 1. The van der Waals surface area contributed by atoms with E-state index in [4.69, 9.17) is 27.9 Å². The minimum atomic E-state index is -0.464. The lowest BCUT2D eigenvalue weighted by molar-refractivity contribution is -0.384.